The van der Waals surface area contributed by atoms with Crippen molar-refractivity contribution in [3.8, 4) is 11.5 Å². The zero-order valence-corrected chi connectivity index (χ0v) is 10.6. The van der Waals surface area contributed by atoms with E-state index in [1.165, 1.54) is 0 Å². The zero-order valence-electron chi connectivity index (χ0n) is 10.6. The normalized spacial score (nSPS) is 17.1. The predicted octanol–water partition coefficient (Wildman–Crippen LogP) is 1.77. The van der Waals surface area contributed by atoms with Gasteiger partial charge in [-0.2, -0.15) is 0 Å². The molecule has 1 amide bonds. The monoisotopic (exact) mass is 235 g/mol. The molecule has 0 fully saturated rings. The van der Waals surface area contributed by atoms with Gasteiger partial charge < -0.3 is 14.8 Å². The lowest BCUT2D eigenvalue weighted by Gasteiger charge is -2.32. The molecule has 1 N–H and O–H groups in total. The van der Waals surface area contributed by atoms with Crippen LogP contribution in [0.1, 0.15) is 29.8 Å². The largest absolute Gasteiger partial charge is 0.493 e. The van der Waals surface area contributed by atoms with Crippen LogP contribution in [0.15, 0.2) is 12.1 Å². The van der Waals surface area contributed by atoms with Gasteiger partial charge in [0.15, 0.2) is 11.5 Å². The molecule has 0 saturated heterocycles. The molecule has 1 aliphatic rings. The number of carbonyl (C=O) groups excluding carboxylic acids is 1. The van der Waals surface area contributed by atoms with Crippen molar-refractivity contribution in [3.05, 3.63) is 23.3 Å². The molecule has 92 valence electrons. The van der Waals surface area contributed by atoms with Crippen LogP contribution in [0, 0.1) is 0 Å². The first-order valence-corrected chi connectivity index (χ1v) is 5.54. The second kappa shape index (κ2) is 3.95. The fourth-order valence-corrected chi connectivity index (χ4v) is 2.17. The van der Waals surface area contributed by atoms with E-state index in [0.717, 1.165) is 12.0 Å². The minimum Gasteiger partial charge on any atom is -0.493 e. The molecule has 0 radical (unpaired) electrons. The molecule has 0 unspecified atom stereocenters. The highest BCUT2D eigenvalue weighted by Crippen LogP contribution is 2.34. The molecular weight excluding hydrogens is 218 g/mol. The second-order valence-corrected chi connectivity index (χ2v) is 4.88. The summed E-state index contributed by atoms with van der Waals surface area (Å²) in [6.07, 6.45) is 0.786. The van der Waals surface area contributed by atoms with E-state index in [2.05, 4.69) is 5.32 Å². The number of nitrogens with one attached hydrogen (secondary N) is 1. The molecule has 0 bridgehead atoms. The van der Waals surface area contributed by atoms with Gasteiger partial charge in [0.25, 0.3) is 5.91 Å². The SMILES string of the molecule is COc1cc2c(cc1OC)C(=O)NC(C)(C)C2. The topological polar surface area (TPSA) is 47.6 Å². The predicted molar refractivity (Wildman–Crippen MR) is 64.8 cm³/mol. The van der Waals surface area contributed by atoms with Gasteiger partial charge in [-0.05, 0) is 38.0 Å². The van der Waals surface area contributed by atoms with Crippen LogP contribution in [0.2, 0.25) is 0 Å². The molecular formula is C13H17NO3. The Kier molecular flexibility index (Phi) is 2.73. The van der Waals surface area contributed by atoms with E-state index < -0.39 is 0 Å². The molecule has 17 heavy (non-hydrogen) atoms. The number of methoxy groups -OCH3 is 2. The Labute approximate surface area is 101 Å². The number of fused-ring (bicyclic) bond motifs is 1. The average Bonchev–Trinajstić information content (AvgIpc) is 2.26. The number of ether oxygens (including phenoxy) is 2. The summed E-state index contributed by atoms with van der Waals surface area (Å²) in [5, 5.41) is 2.97. The van der Waals surface area contributed by atoms with Crippen LogP contribution in [0.25, 0.3) is 0 Å². The van der Waals surface area contributed by atoms with E-state index >= 15 is 0 Å². The van der Waals surface area contributed by atoms with E-state index in [1.54, 1.807) is 20.3 Å². The molecule has 0 aromatic heterocycles. The first-order valence-electron chi connectivity index (χ1n) is 5.54. The highest BCUT2D eigenvalue weighted by Gasteiger charge is 2.31. The first kappa shape index (κ1) is 11.8. The molecule has 0 saturated carbocycles. The summed E-state index contributed by atoms with van der Waals surface area (Å²) in [5.74, 6) is 1.19. The third kappa shape index (κ3) is 2.07. The molecule has 1 aliphatic heterocycles. The summed E-state index contributed by atoms with van der Waals surface area (Å²) in [5.41, 5.74) is 1.45. The Morgan fingerprint density at radius 3 is 2.35 bits per heavy atom. The van der Waals surface area contributed by atoms with Gasteiger partial charge in [-0.3, -0.25) is 4.79 Å². The van der Waals surface area contributed by atoms with Gasteiger partial charge >= 0.3 is 0 Å². The van der Waals surface area contributed by atoms with Gasteiger partial charge in [0, 0.05) is 11.1 Å². The Bertz CT molecular complexity index is 466. The Hall–Kier alpha value is -1.71. The van der Waals surface area contributed by atoms with Crippen molar-refractivity contribution < 1.29 is 14.3 Å². The van der Waals surface area contributed by atoms with Crippen LogP contribution < -0.4 is 14.8 Å². The van der Waals surface area contributed by atoms with Gasteiger partial charge in [-0.25, -0.2) is 0 Å². The number of rotatable bonds is 2. The number of benzene rings is 1. The smallest absolute Gasteiger partial charge is 0.252 e. The van der Waals surface area contributed by atoms with Gasteiger partial charge in [0.05, 0.1) is 14.2 Å². The van der Waals surface area contributed by atoms with E-state index in [4.69, 9.17) is 9.47 Å². The number of amides is 1. The van der Waals surface area contributed by atoms with Crippen LogP contribution >= 0.6 is 0 Å². The van der Waals surface area contributed by atoms with E-state index in [-0.39, 0.29) is 11.4 Å². The first-order chi connectivity index (χ1) is 7.96. The maximum Gasteiger partial charge on any atom is 0.252 e. The minimum absolute atomic E-state index is 0.0581. The molecule has 0 aliphatic carbocycles. The Morgan fingerprint density at radius 1 is 1.18 bits per heavy atom. The quantitative estimate of drug-likeness (QED) is 0.849. The van der Waals surface area contributed by atoms with Crippen LogP contribution in [-0.2, 0) is 6.42 Å². The summed E-state index contributed by atoms with van der Waals surface area (Å²) in [7, 11) is 3.16. The average molecular weight is 235 g/mol. The molecule has 0 atom stereocenters. The second-order valence-electron chi connectivity index (χ2n) is 4.88. The van der Waals surface area contributed by atoms with Gasteiger partial charge in [0.2, 0.25) is 0 Å². The van der Waals surface area contributed by atoms with Crippen molar-refractivity contribution in [1.82, 2.24) is 5.32 Å². The lowest BCUT2D eigenvalue weighted by atomic mass is 9.87. The maximum atomic E-state index is 12.0. The van der Waals surface area contributed by atoms with Gasteiger partial charge in [-0.15, -0.1) is 0 Å². The van der Waals surface area contributed by atoms with Crippen molar-refractivity contribution in [1.29, 1.82) is 0 Å². The van der Waals surface area contributed by atoms with Gasteiger partial charge in [0.1, 0.15) is 0 Å². The summed E-state index contributed by atoms with van der Waals surface area (Å²) in [6, 6.07) is 3.62. The highest BCUT2D eigenvalue weighted by atomic mass is 16.5. The van der Waals surface area contributed by atoms with E-state index in [1.807, 2.05) is 19.9 Å². The van der Waals surface area contributed by atoms with Gasteiger partial charge in [-0.1, -0.05) is 0 Å². The fourth-order valence-electron chi connectivity index (χ4n) is 2.17. The Balaban J connectivity index is 2.53. The molecule has 4 nitrogen and oxygen atoms in total. The van der Waals surface area contributed by atoms with E-state index in [9.17, 15) is 4.79 Å². The lowest BCUT2D eigenvalue weighted by Crippen LogP contribution is -2.49. The van der Waals surface area contributed by atoms with Crippen molar-refractivity contribution >= 4 is 5.91 Å². The van der Waals surface area contributed by atoms with Crippen molar-refractivity contribution in [2.75, 3.05) is 14.2 Å². The van der Waals surface area contributed by atoms with Crippen LogP contribution in [-0.4, -0.2) is 25.7 Å². The van der Waals surface area contributed by atoms with Crippen LogP contribution in [0.4, 0.5) is 0 Å². The minimum atomic E-state index is -0.219. The Morgan fingerprint density at radius 2 is 1.76 bits per heavy atom. The standard InChI is InChI=1S/C13H17NO3/c1-13(2)7-8-5-10(16-3)11(17-4)6-9(8)12(15)14-13/h5-6H,7H2,1-4H3,(H,14,15). The fraction of sp³-hybridized carbons (Fsp3) is 0.462. The maximum absolute atomic E-state index is 12.0. The molecule has 4 heteroatoms. The molecule has 1 aromatic carbocycles. The highest BCUT2D eigenvalue weighted by molar-refractivity contribution is 5.98. The molecule has 0 spiro atoms. The summed E-state index contributed by atoms with van der Waals surface area (Å²) >= 11 is 0. The van der Waals surface area contributed by atoms with Crippen molar-refractivity contribution in [2.24, 2.45) is 0 Å². The third-order valence-corrected chi connectivity index (χ3v) is 2.94. The summed E-state index contributed by atoms with van der Waals surface area (Å²) in [4.78, 5) is 12.0. The molecule has 2 rings (SSSR count). The third-order valence-electron chi connectivity index (χ3n) is 2.94. The molecule has 1 aromatic rings. The number of hydrogen-bond acceptors (Lipinski definition) is 3. The van der Waals surface area contributed by atoms with Crippen molar-refractivity contribution in [3.63, 3.8) is 0 Å². The zero-order chi connectivity index (χ0) is 12.6. The van der Waals surface area contributed by atoms with Crippen molar-refractivity contribution in [2.45, 2.75) is 25.8 Å². The lowest BCUT2D eigenvalue weighted by molar-refractivity contribution is 0.0896. The van der Waals surface area contributed by atoms with Crippen LogP contribution in [0.3, 0.4) is 0 Å². The number of hydrogen-bond donors (Lipinski definition) is 1. The summed E-state index contributed by atoms with van der Waals surface area (Å²) in [6.45, 7) is 4.01. The molecule has 1 heterocycles. The van der Waals surface area contributed by atoms with Crippen LogP contribution in [0.5, 0.6) is 11.5 Å². The summed E-state index contributed by atoms with van der Waals surface area (Å²) < 4.78 is 10.4. The number of carbonyl (C=O) groups is 1. The van der Waals surface area contributed by atoms with E-state index in [0.29, 0.717) is 17.1 Å².